The number of anilines is 2. The molecule has 0 radical (unpaired) electrons. The lowest BCUT2D eigenvalue weighted by Gasteiger charge is -2.23. The largest absolute Gasteiger partial charge is 0.480 e. The lowest BCUT2D eigenvalue weighted by molar-refractivity contribution is -0.135. The fourth-order valence-electron chi connectivity index (χ4n) is 4.08. The van der Waals surface area contributed by atoms with Gasteiger partial charge in [-0.3, -0.25) is 13.7 Å². The van der Waals surface area contributed by atoms with E-state index in [1.165, 1.54) is 0 Å². The molecule has 0 spiro atoms. The number of aromatic nitrogens is 3. The van der Waals surface area contributed by atoms with Crippen LogP contribution in [-0.2, 0) is 14.8 Å². The molecule has 2 heterocycles. The smallest absolute Gasteiger partial charge is 0.324 e. The van der Waals surface area contributed by atoms with Crippen molar-refractivity contribution >= 4 is 38.4 Å². The van der Waals surface area contributed by atoms with E-state index >= 15 is 0 Å². The second-order valence-electron chi connectivity index (χ2n) is 9.15. The van der Waals surface area contributed by atoms with Gasteiger partial charge in [-0.2, -0.15) is 0 Å². The Labute approximate surface area is 216 Å². The van der Waals surface area contributed by atoms with Gasteiger partial charge >= 0.3 is 5.97 Å². The highest BCUT2D eigenvalue weighted by molar-refractivity contribution is 7.92. The van der Waals surface area contributed by atoms with Crippen LogP contribution in [0.5, 0.6) is 0 Å². The molecule has 0 aliphatic carbocycles. The minimum Gasteiger partial charge on any atom is -0.480 e. The van der Waals surface area contributed by atoms with Gasteiger partial charge in [0.2, 0.25) is 0 Å². The first-order valence-corrected chi connectivity index (χ1v) is 13.1. The SMILES string of the molecule is Cc1cc(C)cc(S(=O)(=O)N(CC(=O)O)c2ccc3c(ccn3-c3cnc(NCCN(C)C)cn3)c2)c1. The van der Waals surface area contributed by atoms with Crippen LogP contribution in [0, 0.1) is 13.8 Å². The number of aliphatic carboxylic acids is 1. The number of rotatable bonds is 10. The molecule has 0 unspecified atom stereocenters. The van der Waals surface area contributed by atoms with Gasteiger partial charge in [-0.1, -0.05) is 6.07 Å². The first-order chi connectivity index (χ1) is 17.5. The molecule has 4 rings (SSSR count). The maximum atomic E-state index is 13.5. The fourth-order valence-corrected chi connectivity index (χ4v) is 5.67. The molecule has 0 bridgehead atoms. The first kappa shape index (κ1) is 26.1. The van der Waals surface area contributed by atoms with Gasteiger partial charge in [-0.05, 0) is 75.5 Å². The van der Waals surface area contributed by atoms with E-state index in [1.54, 1.807) is 56.6 Å². The van der Waals surface area contributed by atoms with Crippen LogP contribution in [0.25, 0.3) is 16.7 Å². The van der Waals surface area contributed by atoms with Gasteiger partial charge in [0.05, 0.1) is 28.5 Å². The van der Waals surface area contributed by atoms with Crippen LogP contribution in [0.2, 0.25) is 0 Å². The Morgan fingerprint density at radius 1 is 1.03 bits per heavy atom. The minimum atomic E-state index is -4.11. The van der Waals surface area contributed by atoms with E-state index in [0.717, 1.165) is 39.4 Å². The number of aryl methyl sites for hydroxylation is 2. The third-order valence-electron chi connectivity index (χ3n) is 5.77. The maximum Gasteiger partial charge on any atom is 0.324 e. The minimum absolute atomic E-state index is 0.0541. The van der Waals surface area contributed by atoms with E-state index in [4.69, 9.17) is 0 Å². The summed E-state index contributed by atoms with van der Waals surface area (Å²) in [6.07, 6.45) is 5.14. The average molecular weight is 523 g/mol. The molecule has 2 aromatic heterocycles. The van der Waals surface area contributed by atoms with Crippen molar-refractivity contribution in [3.05, 3.63) is 72.2 Å². The van der Waals surface area contributed by atoms with Crippen molar-refractivity contribution in [2.45, 2.75) is 18.7 Å². The van der Waals surface area contributed by atoms with Crippen molar-refractivity contribution in [1.82, 2.24) is 19.4 Å². The van der Waals surface area contributed by atoms with Crippen LogP contribution in [0.1, 0.15) is 11.1 Å². The summed E-state index contributed by atoms with van der Waals surface area (Å²) in [5.74, 6) is 0.0246. The summed E-state index contributed by atoms with van der Waals surface area (Å²) in [5, 5.41) is 13.5. The summed E-state index contributed by atoms with van der Waals surface area (Å²) in [6.45, 7) is 4.52. The first-order valence-electron chi connectivity index (χ1n) is 11.7. The molecule has 0 atom stereocenters. The van der Waals surface area contributed by atoms with Crippen molar-refractivity contribution in [3.63, 3.8) is 0 Å². The summed E-state index contributed by atoms with van der Waals surface area (Å²) < 4.78 is 29.8. The number of nitrogens with zero attached hydrogens (tertiary/aromatic N) is 5. The van der Waals surface area contributed by atoms with Gasteiger partial charge in [0.1, 0.15) is 12.4 Å². The summed E-state index contributed by atoms with van der Waals surface area (Å²) in [5.41, 5.74) is 2.60. The topological polar surface area (TPSA) is 121 Å². The Balaban J connectivity index is 1.66. The molecule has 0 saturated carbocycles. The molecule has 194 valence electrons. The number of likely N-dealkylation sites (N-methyl/N-ethyl adjacent to an activating group) is 1. The standard InChI is InChI=1S/C26H30N6O4S/c1-18-11-19(2)13-22(12-18)37(35,36)32(17-26(33)34)21-5-6-23-20(14-21)7-9-31(23)25-16-28-24(15-29-25)27-8-10-30(3)4/h5-7,9,11-16H,8,10,17H2,1-4H3,(H,27,28)(H,33,34). The normalized spacial score (nSPS) is 11.7. The predicted octanol–water partition coefficient (Wildman–Crippen LogP) is 3.29. The van der Waals surface area contributed by atoms with E-state index in [1.807, 2.05) is 37.0 Å². The quantitative estimate of drug-likeness (QED) is 0.326. The van der Waals surface area contributed by atoms with Crippen LogP contribution < -0.4 is 9.62 Å². The Hall–Kier alpha value is -3.96. The number of nitrogens with one attached hydrogen (secondary N) is 1. The lowest BCUT2D eigenvalue weighted by atomic mass is 10.2. The Bertz CT molecular complexity index is 1510. The van der Waals surface area contributed by atoms with Crippen molar-refractivity contribution in [2.24, 2.45) is 0 Å². The molecule has 0 fully saturated rings. The van der Waals surface area contributed by atoms with E-state index in [0.29, 0.717) is 11.6 Å². The zero-order valence-corrected chi connectivity index (χ0v) is 22.0. The summed E-state index contributed by atoms with van der Waals surface area (Å²) in [6, 6.07) is 11.8. The molecule has 10 nitrogen and oxygen atoms in total. The number of carbonyl (C=O) groups is 1. The predicted molar refractivity (Wildman–Crippen MR) is 144 cm³/mol. The Morgan fingerprint density at radius 2 is 1.76 bits per heavy atom. The molecule has 0 aliphatic heterocycles. The lowest BCUT2D eigenvalue weighted by Crippen LogP contribution is -2.35. The van der Waals surface area contributed by atoms with Gasteiger partial charge < -0.3 is 15.3 Å². The van der Waals surface area contributed by atoms with Crippen molar-refractivity contribution in [3.8, 4) is 5.82 Å². The molecule has 0 amide bonds. The van der Waals surface area contributed by atoms with Crippen molar-refractivity contribution < 1.29 is 18.3 Å². The summed E-state index contributed by atoms with van der Waals surface area (Å²) in [4.78, 5) is 22.7. The maximum absolute atomic E-state index is 13.5. The molecule has 2 N–H and O–H groups in total. The Morgan fingerprint density at radius 3 is 2.38 bits per heavy atom. The number of carboxylic acids is 1. The fraction of sp³-hybridized carbons (Fsp3) is 0.269. The molecule has 0 aliphatic rings. The monoisotopic (exact) mass is 522 g/mol. The second-order valence-corrected chi connectivity index (χ2v) is 11.0. The third-order valence-corrected chi connectivity index (χ3v) is 7.53. The highest BCUT2D eigenvalue weighted by atomic mass is 32.2. The van der Waals surface area contributed by atoms with Gasteiger partial charge in [-0.25, -0.2) is 18.4 Å². The molecule has 4 aromatic rings. The van der Waals surface area contributed by atoms with E-state index in [-0.39, 0.29) is 10.6 Å². The molecular weight excluding hydrogens is 492 g/mol. The van der Waals surface area contributed by atoms with Gasteiger partial charge in [0.15, 0.2) is 5.82 Å². The van der Waals surface area contributed by atoms with Crippen LogP contribution in [-0.4, -0.2) is 72.7 Å². The Kier molecular flexibility index (Phi) is 7.46. The van der Waals surface area contributed by atoms with Gasteiger partial charge in [-0.15, -0.1) is 0 Å². The third kappa shape index (κ3) is 5.89. The molecule has 0 saturated heterocycles. The van der Waals surface area contributed by atoms with Crippen LogP contribution >= 0.6 is 0 Å². The van der Waals surface area contributed by atoms with Crippen LogP contribution in [0.15, 0.2) is 66.0 Å². The molecule has 37 heavy (non-hydrogen) atoms. The highest BCUT2D eigenvalue weighted by Crippen LogP contribution is 2.29. The molecule has 2 aromatic carbocycles. The second kappa shape index (κ2) is 10.6. The van der Waals surface area contributed by atoms with Crippen LogP contribution in [0.4, 0.5) is 11.5 Å². The number of benzene rings is 2. The zero-order valence-electron chi connectivity index (χ0n) is 21.2. The number of carboxylic acid groups (broad SMARTS) is 1. The van der Waals surface area contributed by atoms with Crippen molar-refractivity contribution in [1.29, 1.82) is 0 Å². The van der Waals surface area contributed by atoms with E-state index in [2.05, 4.69) is 20.2 Å². The van der Waals surface area contributed by atoms with Gasteiger partial charge in [0.25, 0.3) is 10.0 Å². The number of fused-ring (bicyclic) bond motifs is 1. The number of hydrogen-bond acceptors (Lipinski definition) is 7. The molecule has 11 heteroatoms. The highest BCUT2D eigenvalue weighted by Gasteiger charge is 2.28. The summed E-state index contributed by atoms with van der Waals surface area (Å²) in [7, 11) is -0.115. The van der Waals surface area contributed by atoms with Crippen molar-refractivity contribution in [2.75, 3.05) is 43.4 Å². The molecular formula is C26H30N6O4S. The number of sulfonamides is 1. The number of hydrogen-bond donors (Lipinski definition) is 2. The van der Waals surface area contributed by atoms with Crippen LogP contribution in [0.3, 0.4) is 0 Å². The van der Waals surface area contributed by atoms with Gasteiger partial charge in [0, 0.05) is 24.7 Å². The average Bonchev–Trinajstić information content (AvgIpc) is 3.25. The summed E-state index contributed by atoms with van der Waals surface area (Å²) >= 11 is 0. The van der Waals surface area contributed by atoms with E-state index in [9.17, 15) is 18.3 Å². The zero-order chi connectivity index (χ0) is 26.7. The van der Waals surface area contributed by atoms with E-state index < -0.39 is 22.5 Å².